The van der Waals surface area contributed by atoms with Gasteiger partial charge in [-0.05, 0) is 61.0 Å². The van der Waals surface area contributed by atoms with Gasteiger partial charge in [0.2, 0.25) is 0 Å². The molecule has 1 aromatic carbocycles. The summed E-state index contributed by atoms with van der Waals surface area (Å²) in [4.78, 5) is 18.3. The lowest BCUT2D eigenvalue weighted by molar-refractivity contribution is -0.122. The van der Waals surface area contributed by atoms with Crippen LogP contribution in [-0.2, 0) is 11.3 Å². The van der Waals surface area contributed by atoms with Gasteiger partial charge in [-0.2, -0.15) is 0 Å². The van der Waals surface area contributed by atoms with Crippen LogP contribution in [0.2, 0.25) is 0 Å². The largest absolute Gasteiger partial charge is 0.328 e. The van der Waals surface area contributed by atoms with E-state index in [1.165, 1.54) is 11.1 Å². The van der Waals surface area contributed by atoms with E-state index in [2.05, 4.69) is 36.3 Å². The van der Waals surface area contributed by atoms with Gasteiger partial charge in [-0.3, -0.25) is 14.7 Å². The summed E-state index contributed by atoms with van der Waals surface area (Å²) >= 11 is 5.30. The van der Waals surface area contributed by atoms with E-state index in [4.69, 9.17) is 12.2 Å². The Morgan fingerprint density at radius 3 is 2.74 bits per heavy atom. The molecule has 1 aromatic heterocycles. The second-order valence-corrected chi connectivity index (χ2v) is 5.94. The molecule has 2 aromatic rings. The topological polar surface area (TPSA) is 45.2 Å². The molecule has 0 bridgehead atoms. The Labute approximate surface area is 140 Å². The number of thiocarbonyl (C=S) groups is 1. The summed E-state index contributed by atoms with van der Waals surface area (Å²) in [6.45, 7) is 4.60. The second kappa shape index (κ2) is 6.30. The standard InChI is InChI=1S/C18H17N3OS/c1-12-6-7-14(9-13(12)2)11-21-17(22)16(20-18(21)23)10-15-5-3-4-8-19-15/h3-10H,11H2,1-2H3,(H,20,23)/b16-10-. The molecule has 1 fully saturated rings. The molecule has 1 saturated heterocycles. The summed E-state index contributed by atoms with van der Waals surface area (Å²) in [6.07, 6.45) is 3.41. The van der Waals surface area contributed by atoms with Gasteiger partial charge in [0.15, 0.2) is 5.11 Å². The number of benzene rings is 1. The van der Waals surface area contributed by atoms with E-state index < -0.39 is 0 Å². The zero-order valence-corrected chi connectivity index (χ0v) is 13.9. The average molecular weight is 323 g/mol. The number of carbonyl (C=O) groups is 1. The highest BCUT2D eigenvalue weighted by Gasteiger charge is 2.30. The minimum atomic E-state index is -0.126. The molecule has 1 aliphatic heterocycles. The zero-order valence-electron chi connectivity index (χ0n) is 13.0. The van der Waals surface area contributed by atoms with Crippen LogP contribution in [0.1, 0.15) is 22.4 Å². The summed E-state index contributed by atoms with van der Waals surface area (Å²) in [6, 6.07) is 11.7. The molecule has 1 N–H and O–H groups in total. The van der Waals surface area contributed by atoms with E-state index >= 15 is 0 Å². The summed E-state index contributed by atoms with van der Waals surface area (Å²) in [5.74, 6) is -0.126. The van der Waals surface area contributed by atoms with Crippen molar-refractivity contribution >= 4 is 29.3 Å². The molecule has 0 aliphatic carbocycles. The van der Waals surface area contributed by atoms with E-state index in [0.717, 1.165) is 11.3 Å². The number of aromatic nitrogens is 1. The molecule has 116 valence electrons. The Kier molecular flexibility index (Phi) is 4.21. The second-order valence-electron chi connectivity index (χ2n) is 5.55. The highest BCUT2D eigenvalue weighted by molar-refractivity contribution is 7.80. The summed E-state index contributed by atoms with van der Waals surface area (Å²) < 4.78 is 0. The van der Waals surface area contributed by atoms with Crippen LogP contribution in [0, 0.1) is 13.8 Å². The predicted molar refractivity (Wildman–Crippen MR) is 94.4 cm³/mol. The van der Waals surface area contributed by atoms with Crippen molar-refractivity contribution in [2.45, 2.75) is 20.4 Å². The van der Waals surface area contributed by atoms with Crippen molar-refractivity contribution in [1.29, 1.82) is 0 Å². The number of amides is 1. The van der Waals surface area contributed by atoms with Crippen molar-refractivity contribution in [2.75, 3.05) is 0 Å². The third kappa shape index (κ3) is 3.29. The van der Waals surface area contributed by atoms with Crippen molar-refractivity contribution < 1.29 is 4.79 Å². The first kappa shape index (κ1) is 15.4. The zero-order chi connectivity index (χ0) is 16.4. The Morgan fingerprint density at radius 1 is 1.22 bits per heavy atom. The number of hydrogen-bond acceptors (Lipinski definition) is 3. The smallest absolute Gasteiger partial charge is 0.276 e. The molecule has 2 heterocycles. The number of rotatable bonds is 3. The molecule has 1 aliphatic rings. The van der Waals surface area contributed by atoms with Crippen LogP contribution in [-0.4, -0.2) is 20.9 Å². The van der Waals surface area contributed by atoms with E-state index in [1.54, 1.807) is 17.2 Å². The molecule has 0 saturated carbocycles. The molecule has 4 nitrogen and oxygen atoms in total. The molecular formula is C18H17N3OS. The Balaban J connectivity index is 1.81. The van der Waals surface area contributed by atoms with Gasteiger partial charge in [0.25, 0.3) is 5.91 Å². The first-order chi connectivity index (χ1) is 11.0. The SMILES string of the molecule is Cc1ccc(CN2C(=O)/C(=C/c3ccccn3)NC2=S)cc1C. The number of aryl methyl sites for hydroxylation is 2. The van der Waals surface area contributed by atoms with Crippen molar-refractivity contribution in [1.82, 2.24) is 15.2 Å². The fourth-order valence-electron chi connectivity index (χ4n) is 2.41. The summed E-state index contributed by atoms with van der Waals surface area (Å²) in [7, 11) is 0. The van der Waals surface area contributed by atoms with Gasteiger partial charge in [-0.25, -0.2) is 0 Å². The molecule has 0 radical (unpaired) electrons. The fourth-order valence-corrected chi connectivity index (χ4v) is 2.67. The van der Waals surface area contributed by atoms with Gasteiger partial charge in [-0.15, -0.1) is 0 Å². The third-order valence-corrected chi connectivity index (χ3v) is 4.18. The van der Waals surface area contributed by atoms with E-state index in [0.29, 0.717) is 17.4 Å². The third-order valence-electron chi connectivity index (χ3n) is 3.85. The first-order valence-electron chi connectivity index (χ1n) is 7.36. The number of nitrogens with zero attached hydrogens (tertiary/aromatic N) is 2. The average Bonchev–Trinajstić information content (AvgIpc) is 2.79. The summed E-state index contributed by atoms with van der Waals surface area (Å²) in [5, 5.41) is 3.40. The van der Waals surface area contributed by atoms with Crippen molar-refractivity contribution in [3.05, 3.63) is 70.7 Å². The Morgan fingerprint density at radius 2 is 2.04 bits per heavy atom. The molecule has 0 spiro atoms. The molecule has 0 unspecified atom stereocenters. The first-order valence-corrected chi connectivity index (χ1v) is 7.77. The molecule has 3 rings (SSSR count). The van der Waals surface area contributed by atoms with E-state index in [9.17, 15) is 4.79 Å². The lowest BCUT2D eigenvalue weighted by Crippen LogP contribution is -2.30. The van der Waals surface area contributed by atoms with Crippen LogP contribution in [0.3, 0.4) is 0 Å². The molecular weight excluding hydrogens is 306 g/mol. The quantitative estimate of drug-likeness (QED) is 0.697. The minimum absolute atomic E-state index is 0.126. The number of pyridine rings is 1. The molecule has 23 heavy (non-hydrogen) atoms. The van der Waals surface area contributed by atoms with Crippen LogP contribution >= 0.6 is 12.2 Å². The van der Waals surface area contributed by atoms with Gasteiger partial charge >= 0.3 is 0 Å². The number of hydrogen-bond donors (Lipinski definition) is 1. The van der Waals surface area contributed by atoms with Crippen LogP contribution in [0.4, 0.5) is 0 Å². The predicted octanol–water partition coefficient (Wildman–Crippen LogP) is 2.96. The van der Waals surface area contributed by atoms with Crippen molar-refractivity contribution in [3.63, 3.8) is 0 Å². The highest BCUT2D eigenvalue weighted by Crippen LogP contribution is 2.18. The van der Waals surface area contributed by atoms with Gasteiger partial charge in [0.1, 0.15) is 5.70 Å². The summed E-state index contributed by atoms with van der Waals surface area (Å²) in [5.41, 5.74) is 4.68. The van der Waals surface area contributed by atoms with Gasteiger partial charge in [0.05, 0.1) is 12.2 Å². The molecule has 1 amide bonds. The van der Waals surface area contributed by atoms with Crippen LogP contribution in [0.5, 0.6) is 0 Å². The fraction of sp³-hybridized carbons (Fsp3) is 0.167. The van der Waals surface area contributed by atoms with Gasteiger partial charge < -0.3 is 5.32 Å². The Bertz CT molecular complexity index is 799. The van der Waals surface area contributed by atoms with Crippen LogP contribution in [0.25, 0.3) is 6.08 Å². The van der Waals surface area contributed by atoms with Crippen LogP contribution in [0.15, 0.2) is 48.3 Å². The highest BCUT2D eigenvalue weighted by atomic mass is 32.1. The maximum absolute atomic E-state index is 12.6. The normalized spacial score (nSPS) is 16.1. The van der Waals surface area contributed by atoms with E-state index in [-0.39, 0.29) is 5.91 Å². The van der Waals surface area contributed by atoms with Gasteiger partial charge in [0, 0.05) is 6.20 Å². The monoisotopic (exact) mass is 323 g/mol. The molecule has 0 atom stereocenters. The lowest BCUT2D eigenvalue weighted by Gasteiger charge is -2.15. The number of carbonyl (C=O) groups excluding carboxylic acids is 1. The van der Waals surface area contributed by atoms with Crippen molar-refractivity contribution in [2.24, 2.45) is 0 Å². The van der Waals surface area contributed by atoms with Crippen molar-refractivity contribution in [3.8, 4) is 0 Å². The maximum Gasteiger partial charge on any atom is 0.276 e. The van der Waals surface area contributed by atoms with Gasteiger partial charge in [-0.1, -0.05) is 24.3 Å². The van der Waals surface area contributed by atoms with E-state index in [1.807, 2.05) is 24.3 Å². The lowest BCUT2D eigenvalue weighted by atomic mass is 10.1. The minimum Gasteiger partial charge on any atom is -0.328 e. The van der Waals surface area contributed by atoms with Crippen LogP contribution < -0.4 is 5.32 Å². The number of nitrogens with one attached hydrogen (secondary N) is 1. The maximum atomic E-state index is 12.6. The Hall–Kier alpha value is -2.53. The molecule has 5 heteroatoms.